The van der Waals surface area contributed by atoms with E-state index < -0.39 is 11.9 Å². The van der Waals surface area contributed by atoms with E-state index in [2.05, 4.69) is 0 Å². The van der Waals surface area contributed by atoms with Gasteiger partial charge in [-0.15, -0.1) is 0 Å². The van der Waals surface area contributed by atoms with Crippen LogP contribution < -0.4 is 0 Å². The van der Waals surface area contributed by atoms with E-state index in [1.54, 1.807) is 9.80 Å². The summed E-state index contributed by atoms with van der Waals surface area (Å²) in [6.07, 6.45) is 5.60. The number of carboxylic acid groups (broad SMARTS) is 1. The lowest BCUT2D eigenvalue weighted by molar-refractivity contribution is -0.143. The molecule has 0 bridgehead atoms. The second-order valence-corrected chi connectivity index (χ2v) is 5.76. The van der Waals surface area contributed by atoms with Gasteiger partial charge in [-0.25, -0.2) is 4.79 Å². The molecule has 2 rings (SSSR count). The Labute approximate surface area is 119 Å². The lowest BCUT2D eigenvalue weighted by atomic mass is 9.98. The number of hydrogen-bond donors (Lipinski definition) is 2. The molecule has 1 unspecified atom stereocenters. The van der Waals surface area contributed by atoms with E-state index in [-0.39, 0.29) is 18.7 Å². The third kappa shape index (κ3) is 3.42. The van der Waals surface area contributed by atoms with E-state index in [0.29, 0.717) is 26.1 Å². The minimum Gasteiger partial charge on any atom is -0.481 e. The summed E-state index contributed by atoms with van der Waals surface area (Å²) in [5.41, 5.74) is 0. The number of hydrogen-bond acceptors (Lipinski definition) is 3. The Hall–Kier alpha value is -1.30. The molecule has 0 aromatic heterocycles. The van der Waals surface area contributed by atoms with Gasteiger partial charge in [0.25, 0.3) is 0 Å². The molecule has 6 nitrogen and oxygen atoms in total. The molecular weight excluding hydrogens is 260 g/mol. The molecule has 2 amide bonds. The van der Waals surface area contributed by atoms with Crippen molar-refractivity contribution in [3.63, 3.8) is 0 Å². The second-order valence-electron chi connectivity index (χ2n) is 5.76. The van der Waals surface area contributed by atoms with Gasteiger partial charge in [0.15, 0.2) is 0 Å². The molecule has 0 radical (unpaired) electrons. The van der Waals surface area contributed by atoms with Crippen LogP contribution in [-0.2, 0) is 4.79 Å². The van der Waals surface area contributed by atoms with Crippen molar-refractivity contribution in [2.75, 3.05) is 26.2 Å². The summed E-state index contributed by atoms with van der Waals surface area (Å²) < 4.78 is 0. The van der Waals surface area contributed by atoms with Gasteiger partial charge in [0.2, 0.25) is 0 Å². The first-order valence-electron chi connectivity index (χ1n) is 7.52. The highest BCUT2D eigenvalue weighted by atomic mass is 16.4. The Bertz CT molecular complexity index is 355. The number of nitrogens with zero attached hydrogens (tertiary/aromatic N) is 2. The molecule has 6 heteroatoms. The zero-order valence-corrected chi connectivity index (χ0v) is 11.8. The van der Waals surface area contributed by atoms with E-state index in [9.17, 15) is 14.7 Å². The van der Waals surface area contributed by atoms with Crippen LogP contribution in [0.15, 0.2) is 0 Å². The van der Waals surface area contributed by atoms with Crippen molar-refractivity contribution in [3.05, 3.63) is 0 Å². The van der Waals surface area contributed by atoms with Crippen LogP contribution in [0.3, 0.4) is 0 Å². The molecule has 1 aliphatic carbocycles. The molecule has 1 heterocycles. The van der Waals surface area contributed by atoms with Crippen molar-refractivity contribution in [2.24, 2.45) is 5.92 Å². The lowest BCUT2D eigenvalue weighted by Crippen LogP contribution is -2.52. The summed E-state index contributed by atoms with van der Waals surface area (Å²) >= 11 is 0. The smallest absolute Gasteiger partial charge is 0.320 e. The van der Waals surface area contributed by atoms with Gasteiger partial charge in [-0.3, -0.25) is 4.79 Å². The molecule has 114 valence electrons. The molecule has 1 saturated carbocycles. The van der Waals surface area contributed by atoms with Crippen LogP contribution in [0.25, 0.3) is 0 Å². The zero-order chi connectivity index (χ0) is 14.5. The Morgan fingerprint density at radius 3 is 2.45 bits per heavy atom. The number of aliphatic hydroxyl groups is 1. The minimum absolute atomic E-state index is 0.0432. The largest absolute Gasteiger partial charge is 0.481 e. The predicted molar refractivity (Wildman–Crippen MR) is 73.4 cm³/mol. The van der Waals surface area contributed by atoms with Crippen LogP contribution >= 0.6 is 0 Å². The highest BCUT2D eigenvalue weighted by Crippen LogP contribution is 2.26. The quantitative estimate of drug-likeness (QED) is 0.811. The fourth-order valence-electron chi connectivity index (χ4n) is 3.29. The van der Waals surface area contributed by atoms with E-state index in [0.717, 1.165) is 32.1 Å². The number of rotatable bonds is 4. The SMILES string of the molecule is O=C(O)C1CCCN(C(=O)N(CCO)C2CCCC2)C1. The zero-order valence-electron chi connectivity index (χ0n) is 11.8. The van der Waals surface area contributed by atoms with E-state index in [4.69, 9.17) is 5.11 Å². The number of carbonyl (C=O) groups excluding carboxylic acids is 1. The first-order chi connectivity index (χ1) is 9.63. The van der Waals surface area contributed by atoms with Gasteiger partial charge in [0.05, 0.1) is 12.5 Å². The van der Waals surface area contributed by atoms with Gasteiger partial charge >= 0.3 is 12.0 Å². The molecule has 1 saturated heterocycles. The Kier molecular flexibility index (Phi) is 5.23. The van der Waals surface area contributed by atoms with Crippen molar-refractivity contribution in [3.8, 4) is 0 Å². The molecule has 0 spiro atoms. The summed E-state index contributed by atoms with van der Waals surface area (Å²) in [5, 5.41) is 18.3. The monoisotopic (exact) mass is 284 g/mol. The van der Waals surface area contributed by atoms with Crippen LogP contribution in [0.4, 0.5) is 4.79 Å². The normalized spacial score (nSPS) is 23.9. The van der Waals surface area contributed by atoms with Crippen molar-refractivity contribution in [1.82, 2.24) is 9.80 Å². The topological polar surface area (TPSA) is 81.1 Å². The number of carboxylic acids is 1. The lowest BCUT2D eigenvalue weighted by Gasteiger charge is -2.37. The van der Waals surface area contributed by atoms with Crippen LogP contribution in [-0.4, -0.2) is 64.3 Å². The number of carbonyl (C=O) groups is 2. The molecule has 1 aliphatic heterocycles. The van der Waals surface area contributed by atoms with Crippen molar-refractivity contribution < 1.29 is 19.8 Å². The number of urea groups is 1. The van der Waals surface area contributed by atoms with Gasteiger partial charge in [-0.2, -0.15) is 0 Å². The average Bonchev–Trinajstić information content (AvgIpc) is 2.98. The van der Waals surface area contributed by atoms with Crippen LogP contribution in [0, 0.1) is 5.92 Å². The van der Waals surface area contributed by atoms with Gasteiger partial charge in [0, 0.05) is 25.7 Å². The first kappa shape index (κ1) is 15.1. The summed E-state index contributed by atoms with van der Waals surface area (Å²) in [6, 6.07) is 0.108. The van der Waals surface area contributed by atoms with Gasteiger partial charge in [0.1, 0.15) is 0 Å². The van der Waals surface area contributed by atoms with Crippen molar-refractivity contribution in [2.45, 2.75) is 44.6 Å². The molecule has 20 heavy (non-hydrogen) atoms. The Morgan fingerprint density at radius 1 is 1.15 bits per heavy atom. The summed E-state index contributed by atoms with van der Waals surface area (Å²) in [7, 11) is 0. The van der Waals surface area contributed by atoms with Gasteiger partial charge in [-0.1, -0.05) is 12.8 Å². The number of aliphatic carboxylic acids is 1. The third-order valence-corrected chi connectivity index (χ3v) is 4.39. The van der Waals surface area contributed by atoms with E-state index in [1.165, 1.54) is 0 Å². The molecule has 2 aliphatic rings. The first-order valence-corrected chi connectivity index (χ1v) is 7.52. The van der Waals surface area contributed by atoms with Crippen LogP contribution in [0.2, 0.25) is 0 Å². The van der Waals surface area contributed by atoms with E-state index in [1.807, 2.05) is 0 Å². The number of amides is 2. The third-order valence-electron chi connectivity index (χ3n) is 4.39. The maximum Gasteiger partial charge on any atom is 0.320 e. The predicted octanol–water partition coefficient (Wildman–Crippen LogP) is 1.14. The van der Waals surface area contributed by atoms with Crippen molar-refractivity contribution in [1.29, 1.82) is 0 Å². The molecule has 1 atom stereocenters. The molecular formula is C14H24N2O4. The number of piperidine rings is 1. The highest BCUT2D eigenvalue weighted by Gasteiger charge is 2.33. The van der Waals surface area contributed by atoms with Gasteiger partial charge in [-0.05, 0) is 25.7 Å². The van der Waals surface area contributed by atoms with Gasteiger partial charge < -0.3 is 20.0 Å². The standard InChI is InChI=1S/C14H24N2O4/c17-9-8-16(12-5-1-2-6-12)14(20)15-7-3-4-11(10-15)13(18)19/h11-12,17H,1-10H2,(H,18,19). The maximum atomic E-state index is 12.6. The highest BCUT2D eigenvalue weighted by molar-refractivity contribution is 5.77. The fraction of sp³-hybridized carbons (Fsp3) is 0.857. The molecule has 0 aromatic rings. The maximum absolute atomic E-state index is 12.6. The van der Waals surface area contributed by atoms with Crippen LogP contribution in [0.5, 0.6) is 0 Å². The number of aliphatic hydroxyl groups excluding tert-OH is 1. The van der Waals surface area contributed by atoms with Crippen LogP contribution in [0.1, 0.15) is 38.5 Å². The Morgan fingerprint density at radius 2 is 1.85 bits per heavy atom. The fourth-order valence-corrected chi connectivity index (χ4v) is 3.29. The second kappa shape index (κ2) is 6.92. The molecule has 0 aromatic carbocycles. The summed E-state index contributed by atoms with van der Waals surface area (Å²) in [6.45, 7) is 1.22. The van der Waals surface area contributed by atoms with E-state index >= 15 is 0 Å². The summed E-state index contributed by atoms with van der Waals surface area (Å²) in [4.78, 5) is 27.1. The Balaban J connectivity index is 2.00. The van der Waals surface area contributed by atoms with Crippen molar-refractivity contribution >= 4 is 12.0 Å². The molecule has 2 N–H and O–H groups in total. The summed E-state index contributed by atoms with van der Waals surface area (Å²) in [5.74, 6) is -1.27. The minimum atomic E-state index is -0.822. The number of likely N-dealkylation sites (tertiary alicyclic amines) is 1. The average molecular weight is 284 g/mol. The molecule has 2 fully saturated rings.